The Morgan fingerprint density at radius 1 is 1.22 bits per heavy atom. The zero-order valence-corrected chi connectivity index (χ0v) is 13.5. The Labute approximate surface area is 134 Å². The van der Waals surface area contributed by atoms with E-state index in [1.165, 1.54) is 10.2 Å². The van der Waals surface area contributed by atoms with Crippen molar-refractivity contribution in [2.24, 2.45) is 0 Å². The first kappa shape index (κ1) is 15.1. The van der Waals surface area contributed by atoms with Crippen molar-refractivity contribution in [2.45, 2.75) is 33.6 Å². The summed E-state index contributed by atoms with van der Waals surface area (Å²) >= 11 is 0. The number of hydrogen-bond donors (Lipinski definition) is 1. The van der Waals surface area contributed by atoms with Crippen LogP contribution in [0.15, 0.2) is 30.3 Å². The molecule has 2 heterocycles. The van der Waals surface area contributed by atoms with Crippen LogP contribution in [0.3, 0.4) is 0 Å². The van der Waals surface area contributed by atoms with E-state index in [1.54, 1.807) is 0 Å². The van der Waals surface area contributed by atoms with Gasteiger partial charge in [0.15, 0.2) is 5.82 Å². The summed E-state index contributed by atoms with van der Waals surface area (Å²) in [6.45, 7) is 5.78. The largest absolute Gasteiger partial charge is 0.272 e. The highest BCUT2D eigenvalue weighted by Crippen LogP contribution is 2.09. The number of carbonyl (C=O) groups is 1. The topological polar surface area (TPSA) is 76.5 Å². The molecule has 0 fully saturated rings. The van der Waals surface area contributed by atoms with Gasteiger partial charge in [0.25, 0.3) is 5.91 Å². The smallest absolute Gasteiger partial charge is 0.254 e. The highest BCUT2D eigenvalue weighted by atomic mass is 16.2. The molecule has 1 N–H and O–H groups in total. The van der Waals surface area contributed by atoms with Crippen LogP contribution in [0.5, 0.6) is 0 Å². The normalized spacial score (nSPS) is 10.9. The van der Waals surface area contributed by atoms with Crippen LogP contribution in [-0.4, -0.2) is 30.9 Å². The van der Waals surface area contributed by atoms with Crippen LogP contribution in [0, 0.1) is 20.8 Å². The zero-order valence-electron chi connectivity index (χ0n) is 13.5. The monoisotopic (exact) mass is 309 g/mol. The Bertz CT molecular complexity index is 846. The van der Waals surface area contributed by atoms with E-state index in [0.29, 0.717) is 12.2 Å². The molecule has 23 heavy (non-hydrogen) atoms. The minimum absolute atomic E-state index is 0.128. The summed E-state index contributed by atoms with van der Waals surface area (Å²) in [6, 6.07) is 10.1. The molecule has 6 heteroatoms. The fourth-order valence-electron chi connectivity index (χ4n) is 2.60. The number of aryl methyl sites for hydroxylation is 3. The molecule has 0 aliphatic carbocycles. The third-order valence-electron chi connectivity index (χ3n) is 3.59. The van der Waals surface area contributed by atoms with Crippen LogP contribution in [0.25, 0.3) is 0 Å². The van der Waals surface area contributed by atoms with Gasteiger partial charge in [0.05, 0.1) is 12.1 Å². The molecule has 2 aromatic heterocycles. The Balaban J connectivity index is 1.70. The van der Waals surface area contributed by atoms with Crippen LogP contribution in [0.1, 0.15) is 39.0 Å². The zero-order chi connectivity index (χ0) is 16.4. The summed E-state index contributed by atoms with van der Waals surface area (Å²) < 4.78 is 1.41. The molecule has 0 saturated carbocycles. The molecule has 0 atom stereocenters. The lowest BCUT2D eigenvalue weighted by molar-refractivity contribution is 0.0893. The van der Waals surface area contributed by atoms with Crippen molar-refractivity contribution < 1.29 is 4.79 Å². The number of hydrogen-bond acceptors (Lipinski definition) is 4. The summed E-state index contributed by atoms with van der Waals surface area (Å²) in [5.41, 5.74) is 4.02. The number of rotatable bonds is 4. The Morgan fingerprint density at radius 3 is 2.74 bits per heavy atom. The SMILES string of the molecule is Cc1cccc(Cc2nc(CC(=O)n3nc(C)cc3C)n[nH]2)c1. The third kappa shape index (κ3) is 3.53. The van der Waals surface area contributed by atoms with Crippen molar-refractivity contribution in [3.63, 3.8) is 0 Å². The number of aromatic amines is 1. The van der Waals surface area contributed by atoms with Crippen molar-refractivity contribution in [2.75, 3.05) is 0 Å². The molecule has 0 amide bonds. The Kier molecular flexibility index (Phi) is 4.06. The minimum atomic E-state index is -0.128. The van der Waals surface area contributed by atoms with Crippen molar-refractivity contribution in [3.8, 4) is 0 Å². The van der Waals surface area contributed by atoms with Crippen molar-refractivity contribution in [3.05, 3.63) is 64.5 Å². The van der Waals surface area contributed by atoms with Crippen molar-refractivity contribution >= 4 is 5.91 Å². The molecule has 1 aromatic carbocycles. The summed E-state index contributed by atoms with van der Waals surface area (Å²) in [5.74, 6) is 1.12. The predicted octanol–water partition coefficient (Wildman–Crippen LogP) is 2.40. The lowest BCUT2D eigenvalue weighted by Crippen LogP contribution is -2.17. The van der Waals surface area contributed by atoms with E-state index >= 15 is 0 Å². The van der Waals surface area contributed by atoms with Crippen LogP contribution in [0.2, 0.25) is 0 Å². The van der Waals surface area contributed by atoms with Gasteiger partial charge in [0.1, 0.15) is 5.82 Å². The fraction of sp³-hybridized carbons (Fsp3) is 0.294. The first-order valence-electron chi connectivity index (χ1n) is 7.53. The number of aromatic nitrogens is 5. The molecule has 6 nitrogen and oxygen atoms in total. The van der Waals surface area contributed by atoms with E-state index in [9.17, 15) is 4.79 Å². The van der Waals surface area contributed by atoms with Crippen LogP contribution in [-0.2, 0) is 12.8 Å². The van der Waals surface area contributed by atoms with E-state index in [4.69, 9.17) is 0 Å². The van der Waals surface area contributed by atoms with Gasteiger partial charge in [-0.15, -0.1) is 0 Å². The quantitative estimate of drug-likeness (QED) is 0.803. The van der Waals surface area contributed by atoms with Gasteiger partial charge in [-0.3, -0.25) is 9.89 Å². The second kappa shape index (κ2) is 6.16. The first-order chi connectivity index (χ1) is 11.0. The molecule has 0 aliphatic rings. The van der Waals surface area contributed by atoms with Gasteiger partial charge in [-0.2, -0.15) is 10.2 Å². The molecule has 0 spiro atoms. The summed E-state index contributed by atoms with van der Waals surface area (Å²) in [6.07, 6.45) is 0.801. The van der Waals surface area contributed by atoms with Gasteiger partial charge in [-0.1, -0.05) is 29.8 Å². The number of benzene rings is 1. The van der Waals surface area contributed by atoms with E-state index < -0.39 is 0 Å². The van der Waals surface area contributed by atoms with Crippen LogP contribution < -0.4 is 0 Å². The number of nitrogens with zero attached hydrogens (tertiary/aromatic N) is 4. The van der Waals surface area contributed by atoms with E-state index in [-0.39, 0.29) is 12.3 Å². The number of H-pyrrole nitrogens is 1. The van der Waals surface area contributed by atoms with E-state index in [1.807, 2.05) is 26.0 Å². The maximum Gasteiger partial charge on any atom is 0.254 e. The average molecular weight is 309 g/mol. The van der Waals surface area contributed by atoms with Gasteiger partial charge in [-0.05, 0) is 32.4 Å². The third-order valence-corrected chi connectivity index (χ3v) is 3.59. The van der Waals surface area contributed by atoms with Gasteiger partial charge < -0.3 is 0 Å². The van der Waals surface area contributed by atoms with Crippen LogP contribution in [0.4, 0.5) is 0 Å². The lowest BCUT2D eigenvalue weighted by atomic mass is 10.1. The minimum Gasteiger partial charge on any atom is -0.272 e. The molecule has 0 aliphatic heterocycles. The Hall–Kier alpha value is -2.76. The molecule has 0 unspecified atom stereocenters. The van der Waals surface area contributed by atoms with Gasteiger partial charge >= 0.3 is 0 Å². The summed E-state index contributed by atoms with van der Waals surface area (Å²) in [7, 11) is 0. The molecule has 118 valence electrons. The standard InChI is InChI=1S/C17H19N5O/c1-11-5-4-6-14(7-11)9-15-18-16(20-19-15)10-17(23)22-13(3)8-12(2)21-22/h4-8H,9-10H2,1-3H3,(H,18,19,20). The Morgan fingerprint density at radius 2 is 2.04 bits per heavy atom. The summed E-state index contributed by atoms with van der Waals surface area (Å²) in [4.78, 5) is 16.7. The molecular weight excluding hydrogens is 290 g/mol. The molecule has 3 rings (SSSR count). The second-order valence-electron chi connectivity index (χ2n) is 5.77. The molecular formula is C17H19N5O. The molecule has 0 saturated heterocycles. The van der Waals surface area contributed by atoms with Gasteiger partial charge in [-0.25, -0.2) is 9.67 Å². The van der Waals surface area contributed by atoms with E-state index in [2.05, 4.69) is 45.4 Å². The molecule has 3 aromatic rings. The number of nitrogens with one attached hydrogen (secondary N) is 1. The maximum absolute atomic E-state index is 12.3. The van der Waals surface area contributed by atoms with E-state index in [0.717, 1.165) is 22.8 Å². The highest BCUT2D eigenvalue weighted by Gasteiger charge is 2.14. The lowest BCUT2D eigenvalue weighted by Gasteiger charge is -2.00. The predicted molar refractivity (Wildman–Crippen MR) is 86.4 cm³/mol. The summed E-state index contributed by atoms with van der Waals surface area (Å²) in [5, 5.41) is 11.2. The first-order valence-corrected chi connectivity index (χ1v) is 7.53. The molecule has 0 bridgehead atoms. The van der Waals surface area contributed by atoms with Gasteiger partial charge in [0, 0.05) is 12.1 Å². The maximum atomic E-state index is 12.3. The van der Waals surface area contributed by atoms with Crippen LogP contribution >= 0.6 is 0 Å². The number of carbonyl (C=O) groups excluding carboxylic acids is 1. The van der Waals surface area contributed by atoms with Gasteiger partial charge in [0.2, 0.25) is 0 Å². The average Bonchev–Trinajstić information content (AvgIpc) is 3.05. The van der Waals surface area contributed by atoms with Crippen molar-refractivity contribution in [1.29, 1.82) is 0 Å². The van der Waals surface area contributed by atoms with Crippen molar-refractivity contribution in [1.82, 2.24) is 25.0 Å². The fourth-order valence-corrected chi connectivity index (χ4v) is 2.60. The highest BCUT2D eigenvalue weighted by molar-refractivity contribution is 5.80. The second-order valence-corrected chi connectivity index (χ2v) is 5.77. The molecule has 0 radical (unpaired) electrons.